The Labute approximate surface area is 152 Å². The fourth-order valence-electron chi connectivity index (χ4n) is 2.55. The Balaban J connectivity index is 1.78. The molecule has 0 aliphatic carbocycles. The first-order valence-corrected chi connectivity index (χ1v) is 8.33. The van der Waals surface area contributed by atoms with Gasteiger partial charge in [0.2, 0.25) is 5.95 Å². The summed E-state index contributed by atoms with van der Waals surface area (Å²) in [6.07, 6.45) is 2.61. The number of carbonyl (C=O) groups is 1. The van der Waals surface area contributed by atoms with Gasteiger partial charge in [-0.1, -0.05) is 31.2 Å². The average molecular weight is 348 g/mol. The molecular weight excluding hydrogens is 328 g/mol. The highest BCUT2D eigenvalue weighted by molar-refractivity contribution is 5.90. The second kappa shape index (κ2) is 8.11. The first-order valence-electron chi connectivity index (χ1n) is 8.33. The Hall–Kier alpha value is -3.41. The number of aromatic nitrogens is 2. The van der Waals surface area contributed by atoms with Crippen LogP contribution in [-0.4, -0.2) is 23.0 Å². The fraction of sp³-hybridized carbons (Fsp3) is 0.150. The highest BCUT2D eigenvalue weighted by Crippen LogP contribution is 2.21. The number of nitrogens with one attached hydrogen (secondary N) is 2. The van der Waals surface area contributed by atoms with Crippen LogP contribution < -0.4 is 10.6 Å². The number of ether oxygens (including phenoxy) is 1. The lowest BCUT2D eigenvalue weighted by molar-refractivity contribution is 0.0601. The van der Waals surface area contributed by atoms with E-state index in [0.717, 1.165) is 12.1 Å². The lowest BCUT2D eigenvalue weighted by atomic mass is 10.1. The highest BCUT2D eigenvalue weighted by Gasteiger charge is 2.07. The van der Waals surface area contributed by atoms with Crippen LogP contribution in [0.25, 0.3) is 0 Å². The maximum atomic E-state index is 11.6. The van der Waals surface area contributed by atoms with Crippen molar-refractivity contribution < 1.29 is 9.53 Å². The Bertz CT molecular complexity index is 912. The van der Waals surface area contributed by atoms with Crippen LogP contribution >= 0.6 is 0 Å². The van der Waals surface area contributed by atoms with Crippen molar-refractivity contribution in [3.63, 3.8) is 0 Å². The SMILES string of the molecule is CCc1ccccc1Nc1ccnc(Nc2cccc(C(=O)OC)c2)n1. The van der Waals surface area contributed by atoms with E-state index in [1.807, 2.05) is 30.3 Å². The number of nitrogens with zero attached hydrogens (tertiary/aromatic N) is 2. The molecule has 0 atom stereocenters. The van der Waals surface area contributed by atoms with Crippen LogP contribution in [0.2, 0.25) is 0 Å². The molecule has 0 radical (unpaired) electrons. The number of anilines is 4. The molecule has 0 saturated heterocycles. The topological polar surface area (TPSA) is 76.1 Å². The van der Waals surface area contributed by atoms with Crippen molar-refractivity contribution in [2.45, 2.75) is 13.3 Å². The van der Waals surface area contributed by atoms with E-state index in [-0.39, 0.29) is 5.97 Å². The van der Waals surface area contributed by atoms with Crippen LogP contribution in [0.1, 0.15) is 22.8 Å². The van der Waals surface area contributed by atoms with Gasteiger partial charge in [0.25, 0.3) is 0 Å². The number of para-hydroxylation sites is 1. The van der Waals surface area contributed by atoms with Crippen molar-refractivity contribution in [2.75, 3.05) is 17.7 Å². The molecule has 0 fully saturated rings. The number of rotatable bonds is 6. The first-order chi connectivity index (χ1) is 12.7. The number of esters is 1. The Morgan fingerprint density at radius 3 is 2.73 bits per heavy atom. The summed E-state index contributed by atoms with van der Waals surface area (Å²) >= 11 is 0. The van der Waals surface area contributed by atoms with E-state index < -0.39 is 0 Å². The molecule has 6 heteroatoms. The van der Waals surface area contributed by atoms with E-state index in [1.54, 1.807) is 24.4 Å². The van der Waals surface area contributed by atoms with Gasteiger partial charge in [0, 0.05) is 17.6 Å². The summed E-state index contributed by atoms with van der Waals surface area (Å²) in [5, 5.41) is 6.43. The second-order valence-corrected chi connectivity index (χ2v) is 5.60. The summed E-state index contributed by atoms with van der Waals surface area (Å²) < 4.78 is 4.74. The highest BCUT2D eigenvalue weighted by atomic mass is 16.5. The number of hydrogen-bond acceptors (Lipinski definition) is 6. The van der Waals surface area contributed by atoms with E-state index >= 15 is 0 Å². The third-order valence-electron chi connectivity index (χ3n) is 3.86. The zero-order valence-electron chi connectivity index (χ0n) is 14.7. The standard InChI is InChI=1S/C20H20N4O2/c1-3-14-7-4-5-10-17(14)23-18-11-12-21-20(24-18)22-16-9-6-8-15(13-16)19(25)26-2/h4-13H,3H2,1-2H3,(H2,21,22,23,24). The molecule has 0 spiro atoms. The maximum absolute atomic E-state index is 11.6. The second-order valence-electron chi connectivity index (χ2n) is 5.60. The van der Waals surface area contributed by atoms with Crippen molar-refractivity contribution in [3.8, 4) is 0 Å². The van der Waals surface area contributed by atoms with E-state index in [0.29, 0.717) is 23.0 Å². The number of benzene rings is 2. The molecule has 0 aliphatic heterocycles. The molecule has 2 aromatic carbocycles. The maximum Gasteiger partial charge on any atom is 0.337 e. The molecule has 3 rings (SSSR count). The molecule has 0 saturated carbocycles. The van der Waals surface area contributed by atoms with Gasteiger partial charge in [-0.15, -0.1) is 0 Å². The van der Waals surface area contributed by atoms with Crippen LogP contribution in [0, 0.1) is 0 Å². The minimum Gasteiger partial charge on any atom is -0.465 e. The Morgan fingerprint density at radius 1 is 1.08 bits per heavy atom. The zero-order chi connectivity index (χ0) is 18.4. The first kappa shape index (κ1) is 17.4. The molecule has 0 unspecified atom stereocenters. The molecule has 132 valence electrons. The van der Waals surface area contributed by atoms with Gasteiger partial charge in [-0.05, 0) is 42.3 Å². The molecule has 6 nitrogen and oxygen atoms in total. The summed E-state index contributed by atoms with van der Waals surface area (Å²) in [5.41, 5.74) is 3.40. The predicted octanol–water partition coefficient (Wildman–Crippen LogP) is 4.31. The summed E-state index contributed by atoms with van der Waals surface area (Å²) in [6, 6.07) is 16.9. The van der Waals surface area contributed by atoms with Crippen molar-refractivity contribution in [1.29, 1.82) is 0 Å². The molecule has 3 aromatic rings. The third kappa shape index (κ3) is 4.16. The van der Waals surface area contributed by atoms with Crippen LogP contribution in [-0.2, 0) is 11.2 Å². The molecule has 0 aliphatic rings. The van der Waals surface area contributed by atoms with Gasteiger partial charge in [-0.2, -0.15) is 4.98 Å². The van der Waals surface area contributed by atoms with E-state index in [2.05, 4.69) is 33.6 Å². The van der Waals surface area contributed by atoms with Crippen LogP contribution in [0.3, 0.4) is 0 Å². The number of aryl methyl sites for hydroxylation is 1. The lowest BCUT2D eigenvalue weighted by Gasteiger charge is -2.11. The molecule has 26 heavy (non-hydrogen) atoms. The average Bonchev–Trinajstić information content (AvgIpc) is 2.68. The van der Waals surface area contributed by atoms with Gasteiger partial charge in [0.1, 0.15) is 5.82 Å². The van der Waals surface area contributed by atoms with Crippen molar-refractivity contribution in [1.82, 2.24) is 9.97 Å². The number of methoxy groups -OCH3 is 1. The van der Waals surface area contributed by atoms with E-state index in [9.17, 15) is 4.79 Å². The minimum absolute atomic E-state index is 0.388. The van der Waals surface area contributed by atoms with Crippen molar-refractivity contribution in [3.05, 3.63) is 71.9 Å². The zero-order valence-corrected chi connectivity index (χ0v) is 14.7. The van der Waals surface area contributed by atoms with Crippen molar-refractivity contribution in [2.24, 2.45) is 0 Å². The third-order valence-corrected chi connectivity index (χ3v) is 3.86. The smallest absolute Gasteiger partial charge is 0.337 e. The van der Waals surface area contributed by atoms with Gasteiger partial charge in [-0.3, -0.25) is 0 Å². The van der Waals surface area contributed by atoms with Gasteiger partial charge in [0.15, 0.2) is 0 Å². The Kier molecular flexibility index (Phi) is 5.43. The summed E-state index contributed by atoms with van der Waals surface area (Å²) in [7, 11) is 1.36. The molecule has 0 bridgehead atoms. The van der Waals surface area contributed by atoms with Crippen LogP contribution in [0.4, 0.5) is 23.1 Å². The molecule has 0 amide bonds. The molecule has 2 N–H and O–H groups in total. The lowest BCUT2D eigenvalue weighted by Crippen LogP contribution is -2.04. The largest absolute Gasteiger partial charge is 0.465 e. The Morgan fingerprint density at radius 2 is 1.92 bits per heavy atom. The fourth-order valence-corrected chi connectivity index (χ4v) is 2.55. The quantitative estimate of drug-likeness (QED) is 0.646. The number of carbonyl (C=O) groups excluding carboxylic acids is 1. The molecule has 1 heterocycles. The van der Waals surface area contributed by atoms with Crippen LogP contribution in [0.5, 0.6) is 0 Å². The predicted molar refractivity (Wildman–Crippen MR) is 102 cm³/mol. The number of hydrogen-bond donors (Lipinski definition) is 2. The normalized spacial score (nSPS) is 10.2. The molecule has 1 aromatic heterocycles. The molecular formula is C20H20N4O2. The summed E-state index contributed by atoms with van der Waals surface area (Å²) in [4.78, 5) is 20.4. The van der Waals surface area contributed by atoms with Crippen molar-refractivity contribution >= 4 is 29.1 Å². The summed E-state index contributed by atoms with van der Waals surface area (Å²) in [6.45, 7) is 2.11. The van der Waals surface area contributed by atoms with Crippen LogP contribution in [0.15, 0.2) is 60.8 Å². The van der Waals surface area contributed by atoms with Gasteiger partial charge in [0.05, 0.1) is 12.7 Å². The summed E-state index contributed by atoms with van der Waals surface area (Å²) in [5.74, 6) is 0.736. The van der Waals surface area contributed by atoms with Gasteiger partial charge >= 0.3 is 5.97 Å². The minimum atomic E-state index is -0.388. The van der Waals surface area contributed by atoms with Gasteiger partial charge in [-0.25, -0.2) is 9.78 Å². The van der Waals surface area contributed by atoms with E-state index in [1.165, 1.54) is 12.7 Å². The van der Waals surface area contributed by atoms with Gasteiger partial charge < -0.3 is 15.4 Å². The monoisotopic (exact) mass is 348 g/mol. The van der Waals surface area contributed by atoms with E-state index in [4.69, 9.17) is 4.74 Å².